The molecule has 1 aromatic carbocycles. The van der Waals surface area contributed by atoms with E-state index in [1.54, 1.807) is 0 Å². The summed E-state index contributed by atoms with van der Waals surface area (Å²) in [4.78, 5) is 1.21. The zero-order valence-corrected chi connectivity index (χ0v) is 15.4. The minimum atomic E-state index is -3.75. The van der Waals surface area contributed by atoms with Gasteiger partial charge in [-0.1, -0.05) is 10.0 Å². The predicted molar refractivity (Wildman–Crippen MR) is 92.2 cm³/mol. The van der Waals surface area contributed by atoms with Crippen LogP contribution in [0.5, 0.6) is 0 Å². The molecule has 1 aromatic heterocycles. The van der Waals surface area contributed by atoms with Crippen LogP contribution in [0.15, 0.2) is 32.5 Å². The van der Waals surface area contributed by atoms with E-state index in [-0.39, 0.29) is 40.5 Å². The first-order valence-corrected chi connectivity index (χ1v) is 9.45. The fraction of sp³-hybridized carbons (Fsp3) is 0.250. The molecule has 0 unspecified atom stereocenters. The number of anilines is 2. The molecule has 0 atom stereocenters. The van der Waals surface area contributed by atoms with Gasteiger partial charge < -0.3 is 21.0 Å². The summed E-state index contributed by atoms with van der Waals surface area (Å²) in [5.41, 5.74) is 0.427. The predicted octanol–water partition coefficient (Wildman–Crippen LogP) is 1.33. The number of oxime groups is 1. The number of hydrogen-bond donors (Lipinski definition) is 5. The number of benzene rings is 1. The molecular formula is C12H14BrFN6O5S. The van der Waals surface area contributed by atoms with Crippen molar-refractivity contribution in [2.75, 3.05) is 22.9 Å². The molecule has 0 amide bonds. The van der Waals surface area contributed by atoms with Crippen molar-refractivity contribution in [3.8, 4) is 0 Å². The first-order chi connectivity index (χ1) is 12.4. The van der Waals surface area contributed by atoms with Crippen LogP contribution in [-0.4, -0.2) is 47.3 Å². The van der Waals surface area contributed by atoms with Crippen LogP contribution in [0.3, 0.4) is 0 Å². The van der Waals surface area contributed by atoms with Crippen LogP contribution in [0.4, 0.5) is 15.9 Å². The van der Waals surface area contributed by atoms with Crippen LogP contribution in [-0.2, 0) is 10.0 Å². The first-order valence-electron chi connectivity index (χ1n) is 7.01. The molecule has 0 aliphatic heterocycles. The van der Waals surface area contributed by atoms with E-state index in [4.69, 9.17) is 5.21 Å². The fourth-order valence-corrected chi connectivity index (χ4v) is 2.81. The Morgan fingerprint density at radius 2 is 2.15 bits per heavy atom. The van der Waals surface area contributed by atoms with Crippen LogP contribution < -0.4 is 15.5 Å². The molecule has 0 fully saturated rings. The van der Waals surface area contributed by atoms with Crippen LogP contribution in [0.25, 0.3) is 0 Å². The van der Waals surface area contributed by atoms with Crippen molar-refractivity contribution < 1.29 is 27.9 Å². The Labute approximate surface area is 155 Å². The minimum Gasteiger partial charge on any atom is -0.409 e. The molecule has 2 aromatic rings. The van der Waals surface area contributed by atoms with Crippen LogP contribution in [0, 0.1) is 5.82 Å². The number of hydrogen-bond acceptors (Lipinski definition) is 9. The Balaban J connectivity index is 2.03. The second-order valence-electron chi connectivity index (χ2n) is 4.85. The summed E-state index contributed by atoms with van der Waals surface area (Å²) in [5, 5.41) is 33.4. The second-order valence-corrected chi connectivity index (χ2v) is 7.53. The number of sulfonamides is 1. The molecule has 0 saturated carbocycles. The number of nitrogens with zero attached hydrogens (tertiary/aromatic N) is 3. The van der Waals surface area contributed by atoms with E-state index in [2.05, 4.69) is 46.7 Å². The van der Waals surface area contributed by atoms with Crippen LogP contribution >= 0.6 is 15.9 Å². The van der Waals surface area contributed by atoms with Gasteiger partial charge in [-0.2, -0.15) is 0 Å². The van der Waals surface area contributed by atoms with E-state index in [1.807, 2.05) is 0 Å². The molecule has 0 bridgehead atoms. The number of rotatable bonds is 8. The number of nitrogens with one attached hydrogen (secondary N) is 3. The van der Waals surface area contributed by atoms with E-state index in [0.717, 1.165) is 0 Å². The molecule has 26 heavy (non-hydrogen) atoms. The van der Waals surface area contributed by atoms with Crippen molar-refractivity contribution in [1.29, 1.82) is 0 Å². The average Bonchev–Trinajstić information content (AvgIpc) is 3.08. The van der Waals surface area contributed by atoms with Gasteiger partial charge in [0.15, 0.2) is 5.69 Å². The fourth-order valence-electron chi connectivity index (χ4n) is 1.82. The maximum Gasteiger partial charge on any atom is 0.233 e. The van der Waals surface area contributed by atoms with Gasteiger partial charge in [-0.25, -0.2) is 17.4 Å². The summed E-state index contributed by atoms with van der Waals surface area (Å²) in [7, 11) is -3.75. The van der Waals surface area contributed by atoms with Crippen LogP contribution in [0.2, 0.25) is 0 Å². The van der Waals surface area contributed by atoms with Crippen molar-refractivity contribution in [3.63, 3.8) is 0 Å². The zero-order valence-electron chi connectivity index (χ0n) is 13.0. The summed E-state index contributed by atoms with van der Waals surface area (Å²) in [6.07, 6.45) is 0.145. The normalized spacial score (nSPS) is 12.2. The molecule has 5 N–H and O–H groups in total. The summed E-state index contributed by atoms with van der Waals surface area (Å²) in [6.45, 7) is 0.156. The van der Waals surface area contributed by atoms with Crippen molar-refractivity contribution >= 4 is 43.3 Å². The topological polar surface area (TPSA) is 162 Å². The summed E-state index contributed by atoms with van der Waals surface area (Å²) in [5.74, 6) is -0.812. The van der Waals surface area contributed by atoms with Crippen molar-refractivity contribution in [2.24, 2.45) is 5.16 Å². The molecule has 0 aliphatic rings. The van der Waals surface area contributed by atoms with E-state index < -0.39 is 15.8 Å². The van der Waals surface area contributed by atoms with Gasteiger partial charge in [-0.3, -0.25) is 0 Å². The first kappa shape index (κ1) is 20.0. The molecule has 0 radical (unpaired) electrons. The van der Waals surface area contributed by atoms with E-state index in [9.17, 15) is 18.0 Å². The van der Waals surface area contributed by atoms with Gasteiger partial charge in [-0.05, 0) is 50.9 Å². The Morgan fingerprint density at radius 1 is 1.38 bits per heavy atom. The lowest BCUT2D eigenvalue weighted by Crippen LogP contribution is -2.24. The lowest BCUT2D eigenvalue weighted by Gasteiger charge is -2.08. The van der Waals surface area contributed by atoms with Gasteiger partial charge in [0.25, 0.3) is 0 Å². The van der Waals surface area contributed by atoms with E-state index in [1.165, 1.54) is 23.1 Å². The summed E-state index contributed by atoms with van der Waals surface area (Å²) >= 11 is 3.04. The third kappa shape index (κ3) is 5.35. The highest BCUT2D eigenvalue weighted by Crippen LogP contribution is 2.21. The van der Waals surface area contributed by atoms with Crippen molar-refractivity contribution in [2.45, 2.75) is 6.42 Å². The molecule has 0 saturated heterocycles. The van der Waals surface area contributed by atoms with Crippen LogP contribution in [0.1, 0.15) is 12.1 Å². The lowest BCUT2D eigenvalue weighted by molar-refractivity contribution is 0.242. The molecule has 0 spiro atoms. The third-order valence-corrected chi connectivity index (χ3v) is 4.73. The molecule has 0 aliphatic carbocycles. The van der Waals surface area contributed by atoms with E-state index >= 15 is 0 Å². The molecule has 11 nitrogen and oxygen atoms in total. The van der Waals surface area contributed by atoms with E-state index in [0.29, 0.717) is 5.69 Å². The quantitative estimate of drug-likeness (QED) is 0.131. The highest BCUT2D eigenvalue weighted by Gasteiger charge is 2.18. The largest absolute Gasteiger partial charge is 0.409 e. The molecule has 14 heteroatoms. The highest BCUT2D eigenvalue weighted by molar-refractivity contribution is 9.10. The number of aromatic nitrogens is 2. The second kappa shape index (κ2) is 8.88. The Kier molecular flexibility index (Phi) is 6.84. The molecule has 2 rings (SSSR count). The molecule has 1 heterocycles. The molecular weight excluding hydrogens is 439 g/mol. The third-order valence-electron chi connectivity index (χ3n) is 3.02. The Morgan fingerprint density at radius 3 is 2.81 bits per heavy atom. The number of halogens is 2. The monoisotopic (exact) mass is 452 g/mol. The SMILES string of the molecule is O=S(=O)(CCCNc1nonc1C(=NO)Nc1ccc(F)c(Br)c1)NO. The smallest absolute Gasteiger partial charge is 0.233 e. The van der Waals surface area contributed by atoms with Gasteiger partial charge >= 0.3 is 0 Å². The Bertz CT molecular complexity index is 890. The van der Waals surface area contributed by atoms with Crippen molar-refractivity contribution in [1.82, 2.24) is 15.2 Å². The minimum absolute atomic E-state index is 0.0242. The summed E-state index contributed by atoms with van der Waals surface area (Å²) < 4.78 is 40.3. The Hall–Kier alpha value is -2.29. The van der Waals surface area contributed by atoms with Gasteiger partial charge in [0.05, 0.1) is 10.2 Å². The summed E-state index contributed by atoms with van der Waals surface area (Å²) in [6, 6.07) is 4.05. The van der Waals surface area contributed by atoms with Crippen molar-refractivity contribution in [3.05, 3.63) is 34.2 Å². The zero-order chi connectivity index (χ0) is 19.2. The van der Waals surface area contributed by atoms with Gasteiger partial charge in [-0.15, -0.1) is 0 Å². The average molecular weight is 453 g/mol. The van der Waals surface area contributed by atoms with Gasteiger partial charge in [0.1, 0.15) is 5.82 Å². The number of amidine groups is 1. The maximum atomic E-state index is 13.3. The standard InChI is InChI=1S/C12H14BrFN6O5S/c13-8-6-7(2-3-9(8)14)16-12(17-21)10-11(19-25-18-10)15-4-1-5-26(23,24)20-22/h2-3,6,20-22H,1,4-5H2,(H,15,19)(H,16,17). The van der Waals surface area contributed by atoms with Gasteiger partial charge in [0.2, 0.25) is 21.7 Å². The highest BCUT2D eigenvalue weighted by atomic mass is 79.9. The molecule has 142 valence electrons. The lowest BCUT2D eigenvalue weighted by atomic mass is 10.3. The maximum absolute atomic E-state index is 13.3. The van der Waals surface area contributed by atoms with Gasteiger partial charge in [0, 0.05) is 12.2 Å².